The van der Waals surface area contributed by atoms with Crippen LogP contribution in [-0.4, -0.2) is 5.91 Å². The number of hydrogen-bond acceptors (Lipinski definition) is 1. The largest absolute Gasteiger partial charge is 0.326 e. The molecule has 4 saturated carbocycles. The standard InChI is InChI=1S/C22H30ClNO/c1-3-17-5-6-19(23)18(4-2)21(17)24-20(25)13-22-10-14-7-15(11-22)9-16(8-14)12-22/h5-6,14-16H,3-4,7-13H2,1-2H3,(H,24,25). The van der Waals surface area contributed by atoms with Gasteiger partial charge in [-0.25, -0.2) is 0 Å². The molecule has 0 aliphatic heterocycles. The Kier molecular flexibility index (Phi) is 4.60. The lowest BCUT2D eigenvalue weighted by atomic mass is 9.49. The van der Waals surface area contributed by atoms with Crippen molar-refractivity contribution < 1.29 is 4.79 Å². The molecule has 4 fully saturated rings. The number of halogens is 1. The minimum absolute atomic E-state index is 0.202. The molecule has 4 bridgehead atoms. The lowest BCUT2D eigenvalue weighted by Crippen LogP contribution is -2.47. The highest BCUT2D eigenvalue weighted by molar-refractivity contribution is 6.32. The molecule has 0 unspecified atom stereocenters. The second kappa shape index (κ2) is 6.61. The Morgan fingerprint density at radius 3 is 2.20 bits per heavy atom. The molecule has 5 rings (SSSR count). The molecule has 1 amide bonds. The molecule has 4 aliphatic rings. The van der Waals surface area contributed by atoms with E-state index in [1.807, 2.05) is 6.07 Å². The van der Waals surface area contributed by atoms with E-state index in [0.717, 1.165) is 46.9 Å². The van der Waals surface area contributed by atoms with Crippen LogP contribution in [0.15, 0.2) is 12.1 Å². The molecular weight excluding hydrogens is 330 g/mol. The number of hydrogen-bond donors (Lipinski definition) is 1. The summed E-state index contributed by atoms with van der Waals surface area (Å²) in [7, 11) is 0. The van der Waals surface area contributed by atoms with Crippen molar-refractivity contribution in [1.29, 1.82) is 0 Å². The minimum atomic E-state index is 0.202. The molecule has 0 aromatic heterocycles. The van der Waals surface area contributed by atoms with Gasteiger partial charge in [0.05, 0.1) is 0 Å². The van der Waals surface area contributed by atoms with E-state index < -0.39 is 0 Å². The van der Waals surface area contributed by atoms with Crippen molar-refractivity contribution in [3.05, 3.63) is 28.3 Å². The Morgan fingerprint density at radius 2 is 1.68 bits per heavy atom. The molecule has 0 spiro atoms. The van der Waals surface area contributed by atoms with Crippen LogP contribution < -0.4 is 5.32 Å². The van der Waals surface area contributed by atoms with Crippen molar-refractivity contribution in [2.75, 3.05) is 5.32 Å². The fourth-order valence-electron chi connectivity index (χ4n) is 6.50. The second-order valence-electron chi connectivity index (χ2n) is 8.91. The van der Waals surface area contributed by atoms with Crippen LogP contribution in [0, 0.1) is 23.2 Å². The van der Waals surface area contributed by atoms with Crippen molar-refractivity contribution in [2.24, 2.45) is 23.2 Å². The number of nitrogens with one attached hydrogen (secondary N) is 1. The summed E-state index contributed by atoms with van der Waals surface area (Å²) in [6, 6.07) is 4.02. The molecule has 4 aliphatic carbocycles. The number of aryl methyl sites for hydroxylation is 1. The van der Waals surface area contributed by atoms with Crippen LogP contribution in [0.4, 0.5) is 5.69 Å². The summed E-state index contributed by atoms with van der Waals surface area (Å²) >= 11 is 6.39. The van der Waals surface area contributed by atoms with Gasteiger partial charge >= 0.3 is 0 Å². The Balaban J connectivity index is 1.53. The first-order valence-corrected chi connectivity index (χ1v) is 10.5. The Bertz CT molecular complexity index is 646. The maximum Gasteiger partial charge on any atom is 0.224 e. The van der Waals surface area contributed by atoms with Gasteiger partial charge in [0.1, 0.15) is 0 Å². The van der Waals surface area contributed by atoms with Gasteiger partial charge in [0.15, 0.2) is 0 Å². The maximum absolute atomic E-state index is 13.0. The van der Waals surface area contributed by atoms with Crippen molar-refractivity contribution in [3.8, 4) is 0 Å². The summed E-state index contributed by atoms with van der Waals surface area (Å²) in [5.74, 6) is 2.88. The number of rotatable bonds is 5. The van der Waals surface area contributed by atoms with Gasteiger partial charge in [-0.3, -0.25) is 4.79 Å². The molecule has 2 nitrogen and oxygen atoms in total. The first-order valence-electron chi connectivity index (χ1n) is 10.1. The number of anilines is 1. The summed E-state index contributed by atoms with van der Waals surface area (Å²) in [5, 5.41) is 4.04. The van der Waals surface area contributed by atoms with Gasteiger partial charge in [0.2, 0.25) is 5.91 Å². The molecule has 0 radical (unpaired) electrons. The molecule has 1 aromatic carbocycles. The fourth-order valence-corrected chi connectivity index (χ4v) is 6.79. The molecule has 136 valence electrons. The second-order valence-corrected chi connectivity index (χ2v) is 9.32. The smallest absolute Gasteiger partial charge is 0.224 e. The number of carbonyl (C=O) groups excluding carboxylic acids is 1. The van der Waals surface area contributed by atoms with Crippen LogP contribution >= 0.6 is 11.6 Å². The first kappa shape index (κ1) is 17.4. The minimum Gasteiger partial charge on any atom is -0.326 e. The zero-order valence-electron chi connectivity index (χ0n) is 15.5. The molecule has 1 aromatic rings. The van der Waals surface area contributed by atoms with Crippen molar-refractivity contribution in [3.63, 3.8) is 0 Å². The zero-order chi connectivity index (χ0) is 17.6. The van der Waals surface area contributed by atoms with Gasteiger partial charge in [-0.2, -0.15) is 0 Å². The monoisotopic (exact) mass is 359 g/mol. The van der Waals surface area contributed by atoms with Gasteiger partial charge in [-0.05, 0) is 91.7 Å². The number of benzene rings is 1. The Morgan fingerprint density at radius 1 is 1.08 bits per heavy atom. The summed E-state index contributed by atoms with van der Waals surface area (Å²) in [4.78, 5) is 13.0. The highest BCUT2D eigenvalue weighted by Crippen LogP contribution is 2.61. The molecule has 0 heterocycles. The highest BCUT2D eigenvalue weighted by atomic mass is 35.5. The van der Waals surface area contributed by atoms with Crippen LogP contribution in [-0.2, 0) is 17.6 Å². The lowest BCUT2D eigenvalue weighted by molar-refractivity contribution is -0.124. The van der Waals surface area contributed by atoms with Crippen molar-refractivity contribution in [2.45, 2.75) is 71.6 Å². The average molecular weight is 360 g/mol. The van der Waals surface area contributed by atoms with Crippen molar-refractivity contribution in [1.82, 2.24) is 0 Å². The molecule has 1 N–H and O–H groups in total. The fraction of sp³-hybridized carbons (Fsp3) is 0.682. The summed E-state index contributed by atoms with van der Waals surface area (Å²) in [6.07, 6.45) is 10.6. The maximum atomic E-state index is 13.0. The molecule has 0 atom stereocenters. The number of carbonyl (C=O) groups is 1. The van der Waals surface area contributed by atoms with Gasteiger partial charge in [0.25, 0.3) is 0 Å². The topological polar surface area (TPSA) is 29.1 Å². The number of amides is 1. The molecular formula is C22H30ClNO. The Hall–Kier alpha value is -1.02. The van der Waals surface area contributed by atoms with E-state index >= 15 is 0 Å². The van der Waals surface area contributed by atoms with Crippen LogP contribution in [0.3, 0.4) is 0 Å². The van der Waals surface area contributed by atoms with Crippen LogP contribution in [0.25, 0.3) is 0 Å². The first-order chi connectivity index (χ1) is 12.0. The van der Waals surface area contributed by atoms with Gasteiger partial charge in [-0.1, -0.05) is 31.5 Å². The van der Waals surface area contributed by atoms with E-state index in [0.29, 0.717) is 6.42 Å². The van der Waals surface area contributed by atoms with Crippen LogP contribution in [0.2, 0.25) is 5.02 Å². The van der Waals surface area contributed by atoms with E-state index in [9.17, 15) is 4.79 Å². The van der Waals surface area contributed by atoms with Gasteiger partial charge < -0.3 is 5.32 Å². The van der Waals surface area contributed by atoms with Gasteiger partial charge in [0, 0.05) is 17.1 Å². The third-order valence-electron chi connectivity index (χ3n) is 7.04. The Labute approximate surface area is 156 Å². The summed E-state index contributed by atoms with van der Waals surface area (Å²) in [5.41, 5.74) is 3.54. The van der Waals surface area contributed by atoms with E-state index in [1.54, 1.807) is 0 Å². The average Bonchev–Trinajstić information content (AvgIpc) is 2.53. The van der Waals surface area contributed by atoms with E-state index in [1.165, 1.54) is 44.1 Å². The normalized spacial score (nSPS) is 32.8. The SMILES string of the molecule is CCc1ccc(Cl)c(CC)c1NC(=O)CC12CC3CC(CC(C3)C1)C2. The summed E-state index contributed by atoms with van der Waals surface area (Å²) in [6.45, 7) is 4.24. The van der Waals surface area contributed by atoms with Crippen molar-refractivity contribution >= 4 is 23.2 Å². The molecule has 0 saturated heterocycles. The highest BCUT2D eigenvalue weighted by Gasteiger charge is 2.51. The predicted molar refractivity (Wildman–Crippen MR) is 104 cm³/mol. The molecule has 25 heavy (non-hydrogen) atoms. The quantitative estimate of drug-likeness (QED) is 0.685. The lowest BCUT2D eigenvalue weighted by Gasteiger charge is -2.56. The van der Waals surface area contributed by atoms with E-state index in [4.69, 9.17) is 11.6 Å². The van der Waals surface area contributed by atoms with Gasteiger partial charge in [-0.15, -0.1) is 0 Å². The molecule has 3 heteroatoms. The van der Waals surface area contributed by atoms with E-state index in [-0.39, 0.29) is 11.3 Å². The van der Waals surface area contributed by atoms with E-state index in [2.05, 4.69) is 25.2 Å². The third kappa shape index (κ3) is 3.23. The summed E-state index contributed by atoms with van der Waals surface area (Å²) < 4.78 is 0. The third-order valence-corrected chi connectivity index (χ3v) is 7.40. The van der Waals surface area contributed by atoms with Crippen LogP contribution in [0.1, 0.15) is 69.9 Å². The predicted octanol–water partition coefficient (Wildman–Crippen LogP) is 6.01. The van der Waals surface area contributed by atoms with Crippen LogP contribution in [0.5, 0.6) is 0 Å². The zero-order valence-corrected chi connectivity index (χ0v) is 16.3.